The highest BCUT2D eigenvalue weighted by molar-refractivity contribution is 7.12. The molecule has 1 amide bonds. The van der Waals surface area contributed by atoms with Crippen LogP contribution in [0.15, 0.2) is 88.8 Å². The van der Waals surface area contributed by atoms with E-state index in [4.69, 9.17) is 9.47 Å². The third-order valence-electron chi connectivity index (χ3n) is 7.13. The van der Waals surface area contributed by atoms with Gasteiger partial charge in [-0.15, -0.1) is 22.7 Å². The number of nitrogens with one attached hydrogen (secondary N) is 1. The van der Waals surface area contributed by atoms with E-state index in [1.54, 1.807) is 30.5 Å². The monoisotopic (exact) mass is 542 g/mol. The molecule has 0 saturated carbocycles. The van der Waals surface area contributed by atoms with Gasteiger partial charge in [-0.05, 0) is 65.1 Å². The van der Waals surface area contributed by atoms with Gasteiger partial charge in [0.1, 0.15) is 6.04 Å². The Bertz CT molecular complexity index is 1530. The molecule has 1 aliphatic heterocycles. The Labute approximate surface area is 229 Å². The van der Waals surface area contributed by atoms with Gasteiger partial charge in [-0.3, -0.25) is 14.5 Å². The molecule has 6 nitrogen and oxygen atoms in total. The van der Waals surface area contributed by atoms with E-state index in [0.717, 1.165) is 27.5 Å². The standard InChI is InChI=1S/C30H26N2O4S2/c1-35-24-12-11-18(17-25(24)36-2)19-15-21-28(23(33)16-19)29(26-9-5-13-37-26)32(30(34)27-10-6-14-38-27)22-8-4-3-7-20(22)31-21/h3-14,17,19,29,31H,15-16H2,1-2H3/t19-,29+/m1/s1. The topological polar surface area (TPSA) is 67.9 Å². The molecule has 8 heteroatoms. The number of hydrogen-bond donors (Lipinski definition) is 1. The normalized spacial score (nSPS) is 18.8. The third kappa shape index (κ3) is 4.19. The summed E-state index contributed by atoms with van der Waals surface area (Å²) in [6, 6.07) is 20.8. The van der Waals surface area contributed by atoms with E-state index in [0.29, 0.717) is 34.8 Å². The summed E-state index contributed by atoms with van der Waals surface area (Å²) in [6.45, 7) is 0. The van der Waals surface area contributed by atoms with Crippen LogP contribution in [0.1, 0.15) is 44.9 Å². The van der Waals surface area contributed by atoms with Gasteiger partial charge in [-0.25, -0.2) is 0 Å². The van der Waals surface area contributed by atoms with E-state index >= 15 is 0 Å². The highest BCUT2D eigenvalue weighted by Crippen LogP contribution is 2.49. The van der Waals surface area contributed by atoms with E-state index in [9.17, 15) is 9.59 Å². The molecule has 2 aromatic carbocycles. The molecule has 192 valence electrons. The molecule has 0 unspecified atom stereocenters. The van der Waals surface area contributed by atoms with Gasteiger partial charge in [-0.2, -0.15) is 0 Å². The van der Waals surface area contributed by atoms with E-state index in [1.165, 1.54) is 11.3 Å². The molecule has 6 rings (SSSR count). The first-order valence-electron chi connectivity index (χ1n) is 12.3. The van der Waals surface area contributed by atoms with Gasteiger partial charge in [0.25, 0.3) is 5.91 Å². The number of anilines is 2. The molecule has 1 aliphatic carbocycles. The number of para-hydroxylation sites is 2. The Morgan fingerprint density at radius 1 is 0.921 bits per heavy atom. The van der Waals surface area contributed by atoms with Crippen LogP contribution in [-0.4, -0.2) is 25.9 Å². The van der Waals surface area contributed by atoms with Crippen molar-refractivity contribution in [1.29, 1.82) is 0 Å². The molecular weight excluding hydrogens is 516 g/mol. The van der Waals surface area contributed by atoms with Crippen molar-refractivity contribution in [2.45, 2.75) is 24.8 Å². The van der Waals surface area contributed by atoms with Crippen molar-refractivity contribution >= 4 is 45.7 Å². The van der Waals surface area contributed by atoms with E-state index in [-0.39, 0.29) is 17.6 Å². The number of ketones is 1. The maximum absolute atomic E-state index is 14.1. The van der Waals surface area contributed by atoms with Crippen molar-refractivity contribution in [3.8, 4) is 11.5 Å². The molecule has 4 aromatic rings. The largest absolute Gasteiger partial charge is 0.493 e. The predicted octanol–water partition coefficient (Wildman–Crippen LogP) is 7.04. The van der Waals surface area contributed by atoms with E-state index < -0.39 is 6.04 Å². The number of rotatable bonds is 5. The zero-order chi connectivity index (χ0) is 26.2. The van der Waals surface area contributed by atoms with Crippen molar-refractivity contribution in [2.75, 3.05) is 24.4 Å². The molecule has 38 heavy (non-hydrogen) atoms. The second kappa shape index (κ2) is 10.1. The lowest BCUT2D eigenvalue weighted by atomic mass is 9.79. The van der Waals surface area contributed by atoms with E-state index in [2.05, 4.69) is 5.32 Å². The van der Waals surface area contributed by atoms with Crippen LogP contribution in [0.4, 0.5) is 11.4 Å². The van der Waals surface area contributed by atoms with E-state index in [1.807, 2.05) is 77.5 Å². The molecular formula is C30H26N2O4S2. The molecule has 0 saturated heterocycles. The fourth-order valence-electron chi connectivity index (χ4n) is 5.39. The number of amides is 1. The van der Waals surface area contributed by atoms with Crippen LogP contribution in [0.2, 0.25) is 0 Å². The minimum Gasteiger partial charge on any atom is -0.493 e. The van der Waals surface area contributed by atoms with Crippen LogP contribution >= 0.6 is 22.7 Å². The van der Waals surface area contributed by atoms with Gasteiger partial charge in [0.2, 0.25) is 0 Å². The summed E-state index contributed by atoms with van der Waals surface area (Å²) < 4.78 is 10.9. The first kappa shape index (κ1) is 24.5. The molecule has 1 N–H and O–H groups in total. The van der Waals surface area contributed by atoms with Crippen molar-refractivity contribution in [2.24, 2.45) is 0 Å². The third-order valence-corrected chi connectivity index (χ3v) is 8.91. The molecule has 2 aromatic heterocycles. The summed E-state index contributed by atoms with van der Waals surface area (Å²) in [4.78, 5) is 31.5. The Morgan fingerprint density at radius 2 is 1.71 bits per heavy atom. The highest BCUT2D eigenvalue weighted by Gasteiger charge is 2.42. The Morgan fingerprint density at radius 3 is 2.45 bits per heavy atom. The van der Waals surface area contributed by atoms with Gasteiger partial charge < -0.3 is 14.8 Å². The maximum atomic E-state index is 14.1. The molecule has 2 aliphatic rings. The van der Waals surface area contributed by atoms with Gasteiger partial charge in [-0.1, -0.05) is 30.3 Å². The Hall–Kier alpha value is -3.88. The number of allylic oxidation sites excluding steroid dienone is 1. The van der Waals surface area contributed by atoms with Crippen LogP contribution < -0.4 is 19.7 Å². The second-order valence-corrected chi connectivity index (χ2v) is 11.2. The number of carbonyl (C=O) groups excluding carboxylic acids is 2. The van der Waals surface area contributed by atoms with Gasteiger partial charge in [0.15, 0.2) is 17.3 Å². The number of hydrogen-bond acceptors (Lipinski definition) is 7. The summed E-state index contributed by atoms with van der Waals surface area (Å²) in [7, 11) is 3.22. The van der Waals surface area contributed by atoms with Crippen molar-refractivity contribution < 1.29 is 19.1 Å². The molecule has 3 heterocycles. The number of ether oxygens (including phenoxy) is 2. The summed E-state index contributed by atoms with van der Waals surface area (Å²) in [5.41, 5.74) is 4.10. The van der Waals surface area contributed by atoms with Crippen molar-refractivity contribution in [1.82, 2.24) is 0 Å². The molecule has 0 bridgehead atoms. The average Bonchev–Trinajstić information content (AvgIpc) is 3.65. The van der Waals surface area contributed by atoms with Crippen LogP contribution in [0.25, 0.3) is 0 Å². The minimum atomic E-state index is -0.519. The first-order valence-corrected chi connectivity index (χ1v) is 14.1. The van der Waals surface area contributed by atoms with Gasteiger partial charge in [0.05, 0.1) is 30.5 Å². The lowest BCUT2D eigenvalue weighted by Gasteiger charge is -2.34. The molecule has 0 fully saturated rings. The summed E-state index contributed by atoms with van der Waals surface area (Å²) in [6.07, 6.45) is 0.975. The number of methoxy groups -OCH3 is 2. The fourth-order valence-corrected chi connectivity index (χ4v) is 6.87. The first-order chi connectivity index (χ1) is 18.6. The van der Waals surface area contributed by atoms with Gasteiger partial charge in [0, 0.05) is 22.6 Å². The van der Waals surface area contributed by atoms with Crippen LogP contribution in [0.5, 0.6) is 11.5 Å². The Balaban J connectivity index is 1.50. The number of benzene rings is 2. The maximum Gasteiger partial charge on any atom is 0.269 e. The number of fused-ring (bicyclic) bond motifs is 1. The predicted molar refractivity (Wildman–Crippen MR) is 152 cm³/mol. The number of thiophene rings is 2. The lowest BCUT2D eigenvalue weighted by molar-refractivity contribution is -0.116. The quantitative estimate of drug-likeness (QED) is 0.293. The summed E-state index contributed by atoms with van der Waals surface area (Å²) in [5, 5.41) is 7.48. The molecule has 0 radical (unpaired) electrons. The zero-order valence-corrected chi connectivity index (χ0v) is 22.6. The molecule has 2 atom stereocenters. The van der Waals surface area contributed by atoms with Crippen molar-refractivity contribution in [3.05, 3.63) is 104 Å². The number of carbonyl (C=O) groups is 2. The highest BCUT2D eigenvalue weighted by atomic mass is 32.1. The zero-order valence-electron chi connectivity index (χ0n) is 21.0. The minimum absolute atomic E-state index is 0.0359. The second-order valence-electron chi connectivity index (χ2n) is 9.25. The summed E-state index contributed by atoms with van der Waals surface area (Å²) in [5.74, 6) is 1.18. The van der Waals surface area contributed by atoms with Gasteiger partial charge >= 0.3 is 0 Å². The number of nitrogens with zero attached hydrogens (tertiary/aromatic N) is 1. The van der Waals surface area contributed by atoms with Crippen molar-refractivity contribution in [3.63, 3.8) is 0 Å². The van der Waals surface area contributed by atoms with Crippen LogP contribution in [-0.2, 0) is 4.79 Å². The average molecular weight is 543 g/mol. The Kier molecular flexibility index (Phi) is 6.51. The number of Topliss-reactive ketones (excluding diaryl/α,β-unsaturated/α-hetero) is 1. The fraction of sp³-hybridized carbons (Fsp3) is 0.200. The van der Waals surface area contributed by atoms with Crippen LogP contribution in [0, 0.1) is 0 Å². The van der Waals surface area contributed by atoms with Crippen LogP contribution in [0.3, 0.4) is 0 Å². The summed E-state index contributed by atoms with van der Waals surface area (Å²) >= 11 is 2.97. The lowest BCUT2D eigenvalue weighted by Crippen LogP contribution is -2.37. The SMILES string of the molecule is COc1ccc([C@H]2CC(=O)C3=C(C2)Nc2ccccc2N(C(=O)c2cccs2)[C@H]3c2cccs2)cc1OC. The molecule has 0 spiro atoms. The smallest absolute Gasteiger partial charge is 0.269 e.